The molecule has 0 saturated heterocycles. The monoisotopic (exact) mass is 489 g/mol. The van der Waals surface area contributed by atoms with E-state index < -0.39 is 23.5 Å². The summed E-state index contributed by atoms with van der Waals surface area (Å²) < 4.78 is 46.9. The van der Waals surface area contributed by atoms with Gasteiger partial charge in [-0.15, -0.1) is 0 Å². The maximum atomic E-state index is 13.3. The normalized spacial score (nSPS) is 15.2. The van der Waals surface area contributed by atoms with Crippen molar-refractivity contribution in [3.05, 3.63) is 101 Å². The van der Waals surface area contributed by atoms with Gasteiger partial charge >= 0.3 is 6.18 Å². The molecule has 6 rings (SSSR count). The fourth-order valence-corrected chi connectivity index (χ4v) is 4.36. The summed E-state index contributed by atoms with van der Waals surface area (Å²) in [5.41, 5.74) is 1.21. The van der Waals surface area contributed by atoms with Crippen LogP contribution in [0, 0.1) is 0 Å². The number of benzene rings is 2. The molecule has 10 heteroatoms. The number of para-hydroxylation sites is 2. The largest absolute Gasteiger partial charge is 0.434 e. The lowest BCUT2D eigenvalue weighted by Crippen LogP contribution is -2.24. The molecule has 1 atom stereocenters. The van der Waals surface area contributed by atoms with Gasteiger partial charge in [-0.2, -0.15) is 18.2 Å². The second-order valence-electron chi connectivity index (χ2n) is 8.39. The first kappa shape index (κ1) is 21.9. The molecule has 4 heterocycles. The third kappa shape index (κ3) is 3.49. The van der Waals surface area contributed by atoms with Gasteiger partial charge in [0.25, 0.3) is 5.56 Å². The topological polar surface area (TPSA) is 76.2 Å². The van der Waals surface area contributed by atoms with Crippen LogP contribution in [0.25, 0.3) is 28.0 Å². The first-order valence-corrected chi connectivity index (χ1v) is 11.0. The minimum absolute atomic E-state index is 0.161. The van der Waals surface area contributed by atoms with Gasteiger partial charge in [-0.25, -0.2) is 0 Å². The predicted octanol–water partition coefficient (Wildman–Crippen LogP) is 5.62. The third-order valence-electron chi connectivity index (χ3n) is 6.19. The number of rotatable bonds is 3. The number of aromatic nitrogens is 3. The van der Waals surface area contributed by atoms with Crippen LogP contribution in [0.1, 0.15) is 17.6 Å². The van der Waals surface area contributed by atoms with Crippen LogP contribution < -0.4 is 15.8 Å². The van der Waals surface area contributed by atoms with Crippen LogP contribution in [0.5, 0.6) is 0 Å². The number of nitrogens with one attached hydrogen (secondary N) is 1. The van der Waals surface area contributed by atoms with E-state index in [-0.39, 0.29) is 23.0 Å². The van der Waals surface area contributed by atoms with Gasteiger partial charge in [0.15, 0.2) is 17.7 Å². The number of anilines is 2. The Hall–Kier alpha value is -4.60. The van der Waals surface area contributed by atoms with Crippen LogP contribution >= 0.6 is 0 Å². The number of nitrogens with zero attached hydrogens (tertiary/aromatic N) is 4. The minimum Gasteiger partial charge on any atom is -0.434 e. The highest BCUT2D eigenvalue weighted by molar-refractivity contribution is 5.78. The summed E-state index contributed by atoms with van der Waals surface area (Å²) in [5, 5.41) is 4.00. The lowest BCUT2D eigenvalue weighted by molar-refractivity contribution is -0.137. The number of halogens is 3. The molecule has 0 saturated carbocycles. The number of hydrogen-bond acceptors (Lipinski definition) is 6. The molecule has 1 unspecified atom stereocenters. The van der Waals surface area contributed by atoms with Gasteiger partial charge in [-0.1, -0.05) is 30.3 Å². The summed E-state index contributed by atoms with van der Waals surface area (Å²) in [6.45, 7) is 0. The van der Waals surface area contributed by atoms with Crippen LogP contribution in [0.15, 0.2) is 88.3 Å². The number of pyridine rings is 2. The minimum atomic E-state index is -4.48. The van der Waals surface area contributed by atoms with E-state index in [1.165, 1.54) is 22.9 Å². The van der Waals surface area contributed by atoms with Gasteiger partial charge in [0, 0.05) is 30.4 Å². The zero-order valence-electron chi connectivity index (χ0n) is 18.8. The number of alkyl halides is 3. The molecule has 3 aromatic heterocycles. The second-order valence-corrected chi connectivity index (χ2v) is 8.39. The van der Waals surface area contributed by atoms with Gasteiger partial charge in [0.1, 0.15) is 5.52 Å². The molecular weight excluding hydrogens is 471 g/mol. The zero-order valence-corrected chi connectivity index (χ0v) is 18.8. The highest BCUT2D eigenvalue weighted by Crippen LogP contribution is 2.41. The molecule has 1 aliphatic rings. The van der Waals surface area contributed by atoms with E-state index >= 15 is 0 Å². The number of hydrogen-bond donors (Lipinski definition) is 1. The van der Waals surface area contributed by atoms with Crippen LogP contribution in [0.4, 0.5) is 24.5 Å². The molecule has 0 radical (unpaired) electrons. The Morgan fingerprint density at radius 1 is 1.00 bits per heavy atom. The van der Waals surface area contributed by atoms with Crippen LogP contribution in [0.3, 0.4) is 0 Å². The quantitative estimate of drug-likeness (QED) is 0.355. The molecule has 1 N–H and O–H groups in total. The second kappa shape index (κ2) is 7.98. The zero-order chi connectivity index (χ0) is 25.0. The van der Waals surface area contributed by atoms with E-state index in [1.54, 1.807) is 24.4 Å². The molecule has 1 aliphatic heterocycles. The van der Waals surface area contributed by atoms with Gasteiger partial charge in [-0.3, -0.25) is 14.3 Å². The summed E-state index contributed by atoms with van der Waals surface area (Å²) in [6.07, 6.45) is -1.88. The number of fused-ring (bicyclic) bond motifs is 2. The molecular formula is C26H18F3N5O2. The molecule has 0 spiro atoms. The Labute approximate surface area is 202 Å². The predicted molar refractivity (Wildman–Crippen MR) is 129 cm³/mol. The first-order chi connectivity index (χ1) is 17.3. The van der Waals surface area contributed by atoms with Gasteiger partial charge in [-0.05, 0) is 36.4 Å². The molecule has 36 heavy (non-hydrogen) atoms. The molecule has 2 aromatic carbocycles. The maximum Gasteiger partial charge on any atom is 0.416 e. The number of oxazole rings is 1. The average molecular weight is 489 g/mol. The van der Waals surface area contributed by atoms with Crippen LogP contribution in [0.2, 0.25) is 0 Å². The van der Waals surface area contributed by atoms with E-state index in [4.69, 9.17) is 4.42 Å². The van der Waals surface area contributed by atoms with Crippen molar-refractivity contribution >= 4 is 22.3 Å². The van der Waals surface area contributed by atoms with E-state index in [9.17, 15) is 18.0 Å². The van der Waals surface area contributed by atoms with Crippen molar-refractivity contribution in [2.24, 2.45) is 0 Å². The molecule has 0 amide bonds. The molecule has 0 aliphatic carbocycles. The van der Waals surface area contributed by atoms with Crippen molar-refractivity contribution in [1.82, 2.24) is 14.5 Å². The van der Waals surface area contributed by atoms with Crippen molar-refractivity contribution in [3.63, 3.8) is 0 Å². The summed E-state index contributed by atoms with van der Waals surface area (Å²) in [5.74, 6) is 0.586. The Balaban J connectivity index is 1.52. The third-order valence-corrected chi connectivity index (χ3v) is 6.19. The van der Waals surface area contributed by atoms with Gasteiger partial charge in [0.2, 0.25) is 5.89 Å². The molecule has 180 valence electrons. The van der Waals surface area contributed by atoms with Crippen molar-refractivity contribution in [2.75, 3.05) is 17.3 Å². The first-order valence-electron chi connectivity index (χ1n) is 11.0. The van der Waals surface area contributed by atoms with Gasteiger partial charge < -0.3 is 14.6 Å². The van der Waals surface area contributed by atoms with E-state index in [2.05, 4.69) is 15.3 Å². The van der Waals surface area contributed by atoms with E-state index in [0.29, 0.717) is 10.9 Å². The fourth-order valence-electron chi connectivity index (χ4n) is 4.36. The Morgan fingerprint density at radius 3 is 2.53 bits per heavy atom. The van der Waals surface area contributed by atoms with Crippen molar-refractivity contribution in [1.29, 1.82) is 0 Å². The van der Waals surface area contributed by atoms with E-state index in [1.807, 2.05) is 36.2 Å². The SMILES string of the molecule is CN1c2ccccc2NC1c1nc(-n2ccc3cccnc3c2=O)c(-c2ccc(C(F)(F)F)cc2)o1. The molecule has 0 bridgehead atoms. The Morgan fingerprint density at radius 2 is 1.78 bits per heavy atom. The summed E-state index contributed by atoms with van der Waals surface area (Å²) >= 11 is 0. The van der Waals surface area contributed by atoms with Crippen molar-refractivity contribution < 1.29 is 17.6 Å². The Kier molecular flexibility index (Phi) is 4.85. The smallest absolute Gasteiger partial charge is 0.416 e. The highest BCUT2D eigenvalue weighted by Gasteiger charge is 2.33. The van der Waals surface area contributed by atoms with Crippen LogP contribution in [-0.4, -0.2) is 21.6 Å². The van der Waals surface area contributed by atoms with Crippen LogP contribution in [-0.2, 0) is 6.18 Å². The lowest BCUT2D eigenvalue weighted by atomic mass is 10.1. The van der Waals surface area contributed by atoms with E-state index in [0.717, 1.165) is 23.5 Å². The lowest BCUT2D eigenvalue weighted by Gasteiger charge is -2.18. The Bertz CT molecular complexity index is 1660. The highest BCUT2D eigenvalue weighted by atomic mass is 19.4. The van der Waals surface area contributed by atoms with Crippen molar-refractivity contribution in [2.45, 2.75) is 12.3 Å². The molecule has 5 aromatic rings. The summed E-state index contributed by atoms with van der Waals surface area (Å²) in [6, 6.07) is 17.5. The molecule has 0 fully saturated rings. The van der Waals surface area contributed by atoms with Gasteiger partial charge in [0.05, 0.1) is 16.9 Å². The molecule has 7 nitrogen and oxygen atoms in total. The van der Waals surface area contributed by atoms with Crippen molar-refractivity contribution in [3.8, 4) is 17.1 Å². The standard InChI is InChI=1S/C26H18F3N5O2/c1-33-19-7-3-2-6-18(19)31-23(33)24-32-22(34-14-12-15-5-4-13-30-20(15)25(34)35)21(36-24)16-8-10-17(11-9-16)26(27,28)29/h2-14,23,31H,1H3. The summed E-state index contributed by atoms with van der Waals surface area (Å²) in [7, 11) is 1.87. The fraction of sp³-hybridized carbons (Fsp3) is 0.115. The summed E-state index contributed by atoms with van der Waals surface area (Å²) in [4.78, 5) is 24.1. The maximum absolute atomic E-state index is 13.3. The average Bonchev–Trinajstić information content (AvgIpc) is 3.46.